The quantitative estimate of drug-likeness (QED) is 0.715. The van der Waals surface area contributed by atoms with E-state index < -0.39 is 23.4 Å². The Kier molecular flexibility index (Phi) is 2.87. The van der Waals surface area contributed by atoms with E-state index in [0.29, 0.717) is 21.9 Å². The average Bonchev–Trinajstić information content (AvgIpc) is 2.94. The van der Waals surface area contributed by atoms with Gasteiger partial charge in [0.1, 0.15) is 0 Å². The van der Waals surface area contributed by atoms with Crippen molar-refractivity contribution in [3.8, 4) is 0 Å². The second-order valence-corrected chi connectivity index (χ2v) is 5.66. The smallest absolute Gasteiger partial charge is 0.263 e. The van der Waals surface area contributed by atoms with Crippen LogP contribution in [-0.2, 0) is 4.74 Å². The minimum absolute atomic E-state index is 0.215. The van der Waals surface area contributed by atoms with Crippen LogP contribution in [-0.4, -0.2) is 22.9 Å². The molecule has 1 aromatic rings. The van der Waals surface area contributed by atoms with E-state index in [9.17, 15) is 17.6 Å². The molecular weight excluding hydrogens is 336 g/mol. The number of aromatic nitrogens is 1. The molecule has 3 aliphatic rings. The zero-order valence-electron chi connectivity index (χ0n) is 11.3. The molecule has 0 radical (unpaired) electrons. The SMILES string of the molecule is FC1(F)OC(F)(F)C2=C1C=C1N=C(c3ccncc3Cl)C=C1C2. The summed E-state index contributed by atoms with van der Waals surface area (Å²) in [6, 6.07) is 1.61. The molecule has 0 fully saturated rings. The highest BCUT2D eigenvalue weighted by atomic mass is 35.5. The Morgan fingerprint density at radius 3 is 2.65 bits per heavy atom. The fourth-order valence-corrected chi connectivity index (χ4v) is 2.98. The lowest BCUT2D eigenvalue weighted by Gasteiger charge is -2.15. The van der Waals surface area contributed by atoms with Gasteiger partial charge >= 0.3 is 12.2 Å². The Bertz CT molecular complexity index is 855. The van der Waals surface area contributed by atoms with Crippen LogP contribution in [0.5, 0.6) is 0 Å². The molecule has 0 spiro atoms. The Labute approximate surface area is 132 Å². The van der Waals surface area contributed by atoms with Gasteiger partial charge in [0.25, 0.3) is 0 Å². The van der Waals surface area contributed by atoms with Gasteiger partial charge in [-0.3, -0.25) is 4.98 Å². The maximum atomic E-state index is 13.6. The molecule has 0 unspecified atom stereocenters. The Morgan fingerprint density at radius 1 is 1.13 bits per heavy atom. The summed E-state index contributed by atoms with van der Waals surface area (Å²) in [7, 11) is 0. The lowest BCUT2D eigenvalue weighted by molar-refractivity contribution is -0.321. The number of pyridine rings is 1. The molecule has 0 amide bonds. The Balaban J connectivity index is 1.78. The van der Waals surface area contributed by atoms with Gasteiger partial charge in [-0.15, -0.1) is 0 Å². The van der Waals surface area contributed by atoms with Gasteiger partial charge in [0.15, 0.2) is 0 Å². The zero-order chi connectivity index (χ0) is 16.4. The van der Waals surface area contributed by atoms with E-state index in [4.69, 9.17) is 11.6 Å². The minimum Gasteiger partial charge on any atom is -0.263 e. The second kappa shape index (κ2) is 4.52. The normalized spacial score (nSPS) is 24.0. The van der Waals surface area contributed by atoms with E-state index >= 15 is 0 Å². The predicted molar refractivity (Wildman–Crippen MR) is 74.6 cm³/mol. The van der Waals surface area contributed by atoms with Gasteiger partial charge in [-0.05, 0) is 23.8 Å². The maximum Gasteiger partial charge on any atom is 0.388 e. The molecule has 0 saturated heterocycles. The number of rotatable bonds is 1. The number of halogens is 5. The molecule has 8 heteroatoms. The molecule has 0 saturated carbocycles. The Hall–Kier alpha value is -1.99. The monoisotopic (exact) mass is 342 g/mol. The minimum atomic E-state index is -4.02. The number of alkyl halides is 4. The standard InChI is InChI=1S/C15H7ClF4N2O/c16-11-6-21-2-1-8(11)13-4-7-3-9-10(5-12(7)22-13)15(19,20)23-14(9,17)18/h1-2,4-6H,3H2. The van der Waals surface area contributed by atoms with Crippen molar-refractivity contribution >= 4 is 17.3 Å². The first-order valence-corrected chi connectivity index (χ1v) is 6.97. The van der Waals surface area contributed by atoms with Crippen LogP contribution < -0.4 is 0 Å². The molecule has 1 aromatic heterocycles. The van der Waals surface area contributed by atoms with Crippen molar-refractivity contribution in [2.24, 2.45) is 4.99 Å². The van der Waals surface area contributed by atoms with Crippen molar-refractivity contribution < 1.29 is 22.3 Å². The number of nitrogens with zero attached hydrogens (tertiary/aromatic N) is 2. The fraction of sp³-hybridized carbons (Fsp3) is 0.200. The predicted octanol–water partition coefficient (Wildman–Crippen LogP) is 4.26. The van der Waals surface area contributed by atoms with Gasteiger partial charge in [0.2, 0.25) is 0 Å². The van der Waals surface area contributed by atoms with E-state index in [1.54, 1.807) is 12.1 Å². The van der Waals surface area contributed by atoms with E-state index in [2.05, 4.69) is 14.7 Å². The summed E-state index contributed by atoms with van der Waals surface area (Å²) in [6.07, 6.45) is -2.92. The second-order valence-electron chi connectivity index (χ2n) is 5.26. The van der Waals surface area contributed by atoms with Crippen LogP contribution >= 0.6 is 11.6 Å². The average molecular weight is 343 g/mol. The fourth-order valence-electron chi connectivity index (χ4n) is 2.77. The van der Waals surface area contributed by atoms with Crippen LogP contribution in [0.15, 0.2) is 58.0 Å². The van der Waals surface area contributed by atoms with Gasteiger partial charge < -0.3 is 0 Å². The first-order chi connectivity index (χ1) is 10.8. The van der Waals surface area contributed by atoms with Gasteiger partial charge in [-0.2, -0.15) is 17.6 Å². The third-order valence-corrected chi connectivity index (χ3v) is 4.13. The topological polar surface area (TPSA) is 34.5 Å². The number of aliphatic imine (C=N–C) groups is 1. The maximum absolute atomic E-state index is 13.6. The van der Waals surface area contributed by atoms with Gasteiger partial charge in [-0.1, -0.05) is 11.6 Å². The van der Waals surface area contributed by atoms with Crippen LogP contribution in [0.4, 0.5) is 17.6 Å². The third kappa shape index (κ3) is 2.14. The molecule has 23 heavy (non-hydrogen) atoms. The van der Waals surface area contributed by atoms with Crippen molar-refractivity contribution in [3.63, 3.8) is 0 Å². The van der Waals surface area contributed by atoms with Crippen molar-refractivity contribution in [3.05, 3.63) is 63.6 Å². The summed E-state index contributed by atoms with van der Waals surface area (Å²) in [5, 5.41) is 0.335. The van der Waals surface area contributed by atoms with Crippen LogP contribution in [0.3, 0.4) is 0 Å². The third-order valence-electron chi connectivity index (χ3n) is 3.82. The Morgan fingerprint density at radius 2 is 1.91 bits per heavy atom. The molecule has 4 rings (SSSR count). The largest absolute Gasteiger partial charge is 0.388 e. The first kappa shape index (κ1) is 14.6. The summed E-state index contributed by atoms with van der Waals surface area (Å²) in [6.45, 7) is 0. The van der Waals surface area contributed by atoms with Crippen molar-refractivity contribution in [1.29, 1.82) is 0 Å². The van der Waals surface area contributed by atoms with Crippen LogP contribution in [0.2, 0.25) is 5.02 Å². The highest BCUT2D eigenvalue weighted by Crippen LogP contribution is 2.53. The van der Waals surface area contributed by atoms with Crippen molar-refractivity contribution in [2.45, 2.75) is 18.6 Å². The number of hydrogen-bond acceptors (Lipinski definition) is 3. The molecule has 0 bridgehead atoms. The lowest BCUT2D eigenvalue weighted by atomic mass is 9.92. The molecule has 0 atom stereocenters. The highest BCUT2D eigenvalue weighted by Gasteiger charge is 2.59. The summed E-state index contributed by atoms with van der Waals surface area (Å²) in [4.78, 5) is 8.07. The molecular formula is C15H7ClF4N2O. The molecule has 2 aliphatic heterocycles. The number of ether oxygens (including phenoxy) is 1. The summed E-state index contributed by atoms with van der Waals surface area (Å²) >= 11 is 6.03. The molecule has 1 aliphatic carbocycles. The highest BCUT2D eigenvalue weighted by molar-refractivity contribution is 6.35. The molecule has 0 aromatic carbocycles. The van der Waals surface area contributed by atoms with Crippen LogP contribution in [0, 0.1) is 0 Å². The number of allylic oxidation sites excluding steroid dienone is 2. The van der Waals surface area contributed by atoms with Crippen LogP contribution in [0.25, 0.3) is 0 Å². The summed E-state index contributed by atoms with van der Waals surface area (Å²) in [5.41, 5.74) is 0.0715. The first-order valence-electron chi connectivity index (χ1n) is 6.59. The van der Waals surface area contributed by atoms with Crippen molar-refractivity contribution in [1.82, 2.24) is 4.98 Å². The van der Waals surface area contributed by atoms with Crippen molar-refractivity contribution in [2.75, 3.05) is 0 Å². The lowest BCUT2D eigenvalue weighted by Crippen LogP contribution is -2.25. The molecule has 3 nitrogen and oxygen atoms in total. The molecule has 0 N–H and O–H groups in total. The zero-order valence-corrected chi connectivity index (χ0v) is 12.0. The summed E-state index contributed by atoms with van der Waals surface area (Å²) < 4.78 is 58.1. The van der Waals surface area contributed by atoms with E-state index in [-0.39, 0.29) is 12.1 Å². The summed E-state index contributed by atoms with van der Waals surface area (Å²) in [5.74, 6) is 0. The van der Waals surface area contributed by atoms with Gasteiger partial charge in [0.05, 0.1) is 22.0 Å². The van der Waals surface area contributed by atoms with E-state index in [0.717, 1.165) is 6.08 Å². The molecule has 118 valence electrons. The van der Waals surface area contributed by atoms with E-state index in [1.165, 1.54) is 12.4 Å². The van der Waals surface area contributed by atoms with E-state index in [1.807, 2.05) is 0 Å². The van der Waals surface area contributed by atoms with Gasteiger partial charge in [-0.25, -0.2) is 9.73 Å². The van der Waals surface area contributed by atoms with Crippen LogP contribution in [0.1, 0.15) is 12.0 Å². The number of fused-ring (bicyclic) bond motifs is 1. The van der Waals surface area contributed by atoms with Gasteiger partial charge in [0, 0.05) is 30.0 Å². The number of hydrogen-bond donors (Lipinski definition) is 0. The molecule has 3 heterocycles.